The van der Waals surface area contributed by atoms with Gasteiger partial charge in [-0.25, -0.2) is 9.78 Å². The van der Waals surface area contributed by atoms with E-state index in [4.69, 9.17) is 4.74 Å². The lowest BCUT2D eigenvalue weighted by molar-refractivity contribution is 0.0519. The fourth-order valence-corrected chi connectivity index (χ4v) is 2.43. The maximum absolute atomic E-state index is 11.5. The van der Waals surface area contributed by atoms with E-state index in [1.807, 2.05) is 0 Å². The second-order valence-electron chi connectivity index (χ2n) is 2.76. The standard InChI is InChI=1S/C9H11Br2N3O2S/c1-2-16-8(15)6-7(11)17-9(13-6)14-12-5-3-4-10/h5H,2-4H2,1H3,(H,13,14). The summed E-state index contributed by atoms with van der Waals surface area (Å²) in [5, 5.41) is 5.36. The van der Waals surface area contributed by atoms with Gasteiger partial charge in [0.25, 0.3) is 0 Å². The monoisotopic (exact) mass is 383 g/mol. The molecule has 0 amide bonds. The number of rotatable bonds is 6. The summed E-state index contributed by atoms with van der Waals surface area (Å²) in [6.45, 7) is 2.08. The predicted molar refractivity (Wildman–Crippen MR) is 76.3 cm³/mol. The van der Waals surface area contributed by atoms with Crippen LogP contribution in [0.15, 0.2) is 8.89 Å². The first-order chi connectivity index (χ1) is 8.19. The van der Waals surface area contributed by atoms with Crippen molar-refractivity contribution in [1.29, 1.82) is 0 Å². The van der Waals surface area contributed by atoms with Crippen LogP contribution in [0.3, 0.4) is 0 Å². The zero-order valence-corrected chi connectivity index (χ0v) is 13.1. The molecule has 1 aromatic heterocycles. The lowest BCUT2D eigenvalue weighted by Crippen LogP contribution is -2.05. The van der Waals surface area contributed by atoms with Crippen LogP contribution in [0.2, 0.25) is 0 Å². The Morgan fingerprint density at radius 3 is 3.12 bits per heavy atom. The summed E-state index contributed by atoms with van der Waals surface area (Å²) in [6, 6.07) is 0. The van der Waals surface area contributed by atoms with Gasteiger partial charge in [-0.2, -0.15) is 5.10 Å². The second-order valence-corrected chi connectivity index (χ2v) is 5.87. The molecule has 0 unspecified atom stereocenters. The van der Waals surface area contributed by atoms with Gasteiger partial charge in [0.2, 0.25) is 5.13 Å². The van der Waals surface area contributed by atoms with Crippen molar-refractivity contribution in [2.45, 2.75) is 13.3 Å². The van der Waals surface area contributed by atoms with E-state index in [9.17, 15) is 4.79 Å². The highest BCUT2D eigenvalue weighted by molar-refractivity contribution is 9.11. The van der Waals surface area contributed by atoms with E-state index in [0.29, 0.717) is 15.5 Å². The average molecular weight is 385 g/mol. The molecule has 0 spiro atoms. The fourth-order valence-electron chi connectivity index (χ4n) is 0.889. The van der Waals surface area contributed by atoms with Crippen LogP contribution in [0, 0.1) is 0 Å². The lowest BCUT2D eigenvalue weighted by atomic mass is 10.5. The molecule has 1 aromatic rings. The average Bonchev–Trinajstić information content (AvgIpc) is 2.66. The zero-order chi connectivity index (χ0) is 12.7. The van der Waals surface area contributed by atoms with Crippen LogP contribution >= 0.6 is 43.2 Å². The van der Waals surface area contributed by atoms with E-state index in [0.717, 1.165) is 11.8 Å². The van der Waals surface area contributed by atoms with E-state index in [1.54, 1.807) is 13.1 Å². The van der Waals surface area contributed by atoms with Crippen LogP contribution in [0.4, 0.5) is 5.13 Å². The SMILES string of the molecule is CCOC(=O)c1nc(NN=CCCBr)sc1Br. The Balaban J connectivity index is 2.64. The van der Waals surface area contributed by atoms with Crippen LogP contribution in [-0.2, 0) is 4.74 Å². The Labute approximate surface area is 120 Å². The Hall–Kier alpha value is -0.470. The van der Waals surface area contributed by atoms with Crippen LogP contribution in [0.1, 0.15) is 23.8 Å². The number of hydrogen-bond donors (Lipinski definition) is 1. The molecular weight excluding hydrogens is 374 g/mol. The fraction of sp³-hybridized carbons (Fsp3) is 0.444. The second kappa shape index (κ2) is 7.78. The Kier molecular flexibility index (Phi) is 6.68. The molecule has 94 valence electrons. The number of carbonyl (C=O) groups excluding carboxylic acids is 1. The topological polar surface area (TPSA) is 63.6 Å². The van der Waals surface area contributed by atoms with Crippen molar-refractivity contribution in [2.75, 3.05) is 17.4 Å². The van der Waals surface area contributed by atoms with Crippen LogP contribution in [-0.4, -0.2) is 29.1 Å². The van der Waals surface area contributed by atoms with Gasteiger partial charge in [-0.05, 0) is 29.3 Å². The summed E-state index contributed by atoms with van der Waals surface area (Å²) in [4.78, 5) is 15.6. The predicted octanol–water partition coefficient (Wildman–Crippen LogP) is 3.27. The normalized spacial score (nSPS) is 10.8. The molecule has 5 nitrogen and oxygen atoms in total. The van der Waals surface area contributed by atoms with Crippen molar-refractivity contribution in [3.05, 3.63) is 9.48 Å². The summed E-state index contributed by atoms with van der Waals surface area (Å²) in [7, 11) is 0. The number of alkyl halides is 1. The molecule has 17 heavy (non-hydrogen) atoms. The van der Waals surface area contributed by atoms with Crippen LogP contribution in [0.25, 0.3) is 0 Å². The van der Waals surface area contributed by atoms with E-state index in [1.165, 1.54) is 11.3 Å². The number of nitrogens with one attached hydrogen (secondary N) is 1. The number of thiazole rings is 1. The molecule has 0 radical (unpaired) electrons. The van der Waals surface area contributed by atoms with Crippen LogP contribution < -0.4 is 5.43 Å². The van der Waals surface area contributed by atoms with Gasteiger partial charge in [0, 0.05) is 11.5 Å². The summed E-state index contributed by atoms with van der Waals surface area (Å²) in [5.74, 6) is -0.437. The van der Waals surface area contributed by atoms with Gasteiger partial charge >= 0.3 is 5.97 Å². The van der Waals surface area contributed by atoms with E-state index in [2.05, 4.69) is 47.4 Å². The molecule has 0 aliphatic rings. The number of ether oxygens (including phenoxy) is 1. The Morgan fingerprint density at radius 2 is 2.47 bits per heavy atom. The summed E-state index contributed by atoms with van der Waals surface area (Å²) >= 11 is 7.85. The minimum atomic E-state index is -0.437. The minimum absolute atomic E-state index is 0.273. The van der Waals surface area contributed by atoms with Crippen molar-refractivity contribution in [3.63, 3.8) is 0 Å². The molecule has 0 saturated heterocycles. The van der Waals surface area contributed by atoms with Crippen molar-refractivity contribution in [1.82, 2.24) is 4.98 Å². The first kappa shape index (κ1) is 14.6. The lowest BCUT2D eigenvalue weighted by Gasteiger charge is -1.97. The number of esters is 1. The smallest absolute Gasteiger partial charge is 0.359 e. The van der Waals surface area contributed by atoms with Gasteiger partial charge in [-0.1, -0.05) is 27.3 Å². The third kappa shape index (κ3) is 4.72. The van der Waals surface area contributed by atoms with Crippen molar-refractivity contribution in [2.24, 2.45) is 5.10 Å². The zero-order valence-electron chi connectivity index (χ0n) is 9.07. The van der Waals surface area contributed by atoms with Crippen molar-refractivity contribution >= 4 is 60.5 Å². The van der Waals surface area contributed by atoms with E-state index in [-0.39, 0.29) is 5.69 Å². The van der Waals surface area contributed by atoms with Gasteiger partial charge in [-0.3, -0.25) is 5.43 Å². The Bertz CT molecular complexity index is 409. The third-order valence-electron chi connectivity index (χ3n) is 1.54. The highest BCUT2D eigenvalue weighted by Gasteiger charge is 2.17. The molecule has 1 heterocycles. The molecule has 0 saturated carbocycles. The molecule has 0 fully saturated rings. The molecule has 1 rings (SSSR count). The number of nitrogens with zero attached hydrogens (tertiary/aromatic N) is 2. The number of aromatic nitrogens is 1. The molecule has 1 N–H and O–H groups in total. The van der Waals surface area contributed by atoms with Gasteiger partial charge in [0.1, 0.15) is 3.79 Å². The minimum Gasteiger partial charge on any atom is -0.461 e. The number of hydrogen-bond acceptors (Lipinski definition) is 6. The van der Waals surface area contributed by atoms with E-state index < -0.39 is 5.97 Å². The molecule has 0 aliphatic carbocycles. The Morgan fingerprint density at radius 1 is 1.71 bits per heavy atom. The number of carbonyl (C=O) groups is 1. The first-order valence-corrected chi connectivity index (χ1v) is 7.59. The molecule has 0 aromatic carbocycles. The van der Waals surface area contributed by atoms with Gasteiger partial charge in [0.15, 0.2) is 5.69 Å². The molecule has 0 atom stereocenters. The molecule has 0 aliphatic heterocycles. The molecule has 8 heteroatoms. The maximum Gasteiger partial charge on any atom is 0.359 e. The highest BCUT2D eigenvalue weighted by Crippen LogP contribution is 2.28. The van der Waals surface area contributed by atoms with E-state index >= 15 is 0 Å². The maximum atomic E-state index is 11.5. The van der Waals surface area contributed by atoms with Gasteiger partial charge in [0.05, 0.1) is 6.61 Å². The molecule has 0 bridgehead atoms. The summed E-state index contributed by atoms with van der Waals surface area (Å²) in [6.07, 6.45) is 2.55. The van der Waals surface area contributed by atoms with Crippen LogP contribution in [0.5, 0.6) is 0 Å². The molecular formula is C9H11Br2N3O2S. The number of halogens is 2. The van der Waals surface area contributed by atoms with Gasteiger partial charge in [-0.15, -0.1) is 0 Å². The summed E-state index contributed by atoms with van der Waals surface area (Å²) in [5.41, 5.74) is 3.03. The number of hydrazone groups is 1. The summed E-state index contributed by atoms with van der Waals surface area (Å²) < 4.78 is 5.50. The number of anilines is 1. The highest BCUT2D eigenvalue weighted by atomic mass is 79.9. The first-order valence-electron chi connectivity index (χ1n) is 4.86. The van der Waals surface area contributed by atoms with Crippen molar-refractivity contribution in [3.8, 4) is 0 Å². The van der Waals surface area contributed by atoms with Gasteiger partial charge < -0.3 is 4.74 Å². The quantitative estimate of drug-likeness (QED) is 0.354. The third-order valence-corrected chi connectivity index (χ3v) is 3.61. The van der Waals surface area contributed by atoms with Crippen molar-refractivity contribution < 1.29 is 9.53 Å². The largest absolute Gasteiger partial charge is 0.461 e.